The lowest BCUT2D eigenvalue weighted by atomic mass is 9.87. The van der Waals surface area contributed by atoms with Gasteiger partial charge in [-0.25, -0.2) is 0 Å². The van der Waals surface area contributed by atoms with Crippen LogP contribution in [-0.4, -0.2) is 22.1 Å². The van der Waals surface area contributed by atoms with E-state index in [0.717, 1.165) is 5.37 Å². The Bertz CT molecular complexity index is 229. The fourth-order valence-corrected chi connectivity index (χ4v) is 4.10. The lowest BCUT2D eigenvalue weighted by molar-refractivity contribution is 0.173. The molecule has 1 nitrogen and oxygen atoms in total. The fraction of sp³-hybridized carbons (Fsp3) is 0.818. The van der Waals surface area contributed by atoms with Gasteiger partial charge in [0.2, 0.25) is 0 Å². The minimum Gasteiger partial charge on any atom is -0.359 e. The van der Waals surface area contributed by atoms with Crippen LogP contribution in [0.4, 0.5) is 0 Å². The molecular formula is C11H19NS. The first-order valence-corrected chi connectivity index (χ1v) is 6.13. The van der Waals surface area contributed by atoms with Crippen LogP contribution in [0.5, 0.6) is 0 Å². The molecule has 2 fully saturated rings. The first-order valence-electron chi connectivity index (χ1n) is 5.08. The van der Waals surface area contributed by atoms with E-state index in [0.29, 0.717) is 11.5 Å². The van der Waals surface area contributed by atoms with Crippen LogP contribution in [0.3, 0.4) is 0 Å². The molecule has 0 aliphatic carbocycles. The van der Waals surface area contributed by atoms with E-state index in [-0.39, 0.29) is 0 Å². The largest absolute Gasteiger partial charge is 0.359 e. The van der Waals surface area contributed by atoms with Crippen molar-refractivity contribution in [1.29, 1.82) is 0 Å². The predicted octanol–water partition coefficient (Wildman–Crippen LogP) is 3.08. The van der Waals surface area contributed by atoms with Gasteiger partial charge in [-0.1, -0.05) is 27.4 Å². The maximum absolute atomic E-state index is 4.17. The summed E-state index contributed by atoms with van der Waals surface area (Å²) in [7, 11) is 0. The zero-order chi connectivity index (χ0) is 9.64. The molecule has 0 amide bonds. The fourth-order valence-electron chi connectivity index (χ4n) is 2.30. The van der Waals surface area contributed by atoms with Crippen LogP contribution in [0.25, 0.3) is 0 Å². The Morgan fingerprint density at radius 1 is 1.46 bits per heavy atom. The van der Waals surface area contributed by atoms with Gasteiger partial charge in [0, 0.05) is 17.5 Å². The van der Waals surface area contributed by atoms with E-state index in [1.807, 2.05) is 0 Å². The van der Waals surface area contributed by atoms with Crippen molar-refractivity contribution in [2.45, 2.75) is 45.0 Å². The van der Waals surface area contributed by atoms with Crippen molar-refractivity contribution in [3.05, 3.63) is 12.3 Å². The Morgan fingerprint density at radius 2 is 2.15 bits per heavy atom. The second kappa shape index (κ2) is 2.94. The van der Waals surface area contributed by atoms with Crippen molar-refractivity contribution >= 4 is 11.8 Å². The van der Waals surface area contributed by atoms with E-state index in [1.165, 1.54) is 24.3 Å². The van der Waals surface area contributed by atoms with Crippen LogP contribution in [-0.2, 0) is 0 Å². The van der Waals surface area contributed by atoms with Gasteiger partial charge in [-0.2, -0.15) is 0 Å². The maximum atomic E-state index is 4.17. The van der Waals surface area contributed by atoms with E-state index >= 15 is 0 Å². The second-order valence-corrected chi connectivity index (χ2v) is 6.39. The third kappa shape index (κ3) is 1.50. The molecule has 0 spiro atoms. The van der Waals surface area contributed by atoms with E-state index in [9.17, 15) is 0 Å². The molecule has 0 bridgehead atoms. The standard InChI is InChI=1S/C11H19NS/c1-8-5-6-10-12(8)9(7-13-10)11(2,3)4/h9-10H,1,5-7H2,2-4H3/t9?,10-/m0/s1. The Labute approximate surface area is 85.6 Å². The van der Waals surface area contributed by atoms with E-state index in [4.69, 9.17) is 0 Å². The summed E-state index contributed by atoms with van der Waals surface area (Å²) >= 11 is 2.12. The molecule has 2 heterocycles. The molecule has 0 aromatic carbocycles. The highest BCUT2D eigenvalue weighted by Crippen LogP contribution is 2.46. The van der Waals surface area contributed by atoms with Crippen molar-refractivity contribution in [2.24, 2.45) is 5.41 Å². The zero-order valence-corrected chi connectivity index (χ0v) is 9.66. The molecule has 2 aliphatic rings. The summed E-state index contributed by atoms with van der Waals surface area (Å²) in [6.45, 7) is 11.2. The molecule has 2 aliphatic heterocycles. The predicted molar refractivity (Wildman–Crippen MR) is 59.7 cm³/mol. The van der Waals surface area contributed by atoms with Crippen LogP contribution in [0, 0.1) is 5.41 Å². The van der Waals surface area contributed by atoms with Gasteiger partial charge in [-0.3, -0.25) is 0 Å². The number of fused-ring (bicyclic) bond motifs is 1. The van der Waals surface area contributed by atoms with Crippen molar-refractivity contribution in [2.75, 3.05) is 5.75 Å². The van der Waals surface area contributed by atoms with Gasteiger partial charge >= 0.3 is 0 Å². The Kier molecular flexibility index (Phi) is 2.14. The third-order valence-corrected chi connectivity index (χ3v) is 4.49. The monoisotopic (exact) mass is 197 g/mol. The van der Waals surface area contributed by atoms with Crippen LogP contribution >= 0.6 is 11.8 Å². The quantitative estimate of drug-likeness (QED) is 0.587. The van der Waals surface area contributed by atoms with Crippen LogP contribution in [0.15, 0.2) is 12.3 Å². The summed E-state index contributed by atoms with van der Waals surface area (Å²) in [5, 5.41) is 0.747. The average Bonchev–Trinajstić information content (AvgIpc) is 2.51. The lowest BCUT2D eigenvalue weighted by Crippen LogP contribution is -2.40. The Morgan fingerprint density at radius 3 is 2.77 bits per heavy atom. The molecule has 0 aromatic rings. The van der Waals surface area contributed by atoms with Crippen molar-refractivity contribution < 1.29 is 0 Å². The summed E-state index contributed by atoms with van der Waals surface area (Å²) in [5.74, 6) is 1.28. The molecule has 2 saturated heterocycles. The van der Waals surface area contributed by atoms with Gasteiger partial charge in [-0.15, -0.1) is 11.8 Å². The molecular weight excluding hydrogens is 178 g/mol. The Balaban J connectivity index is 2.19. The topological polar surface area (TPSA) is 3.24 Å². The van der Waals surface area contributed by atoms with Crippen LogP contribution in [0.1, 0.15) is 33.6 Å². The first-order chi connectivity index (χ1) is 6.00. The second-order valence-electron chi connectivity index (χ2n) is 5.18. The highest BCUT2D eigenvalue weighted by Gasteiger charge is 2.43. The normalized spacial score (nSPS) is 34.1. The summed E-state index contributed by atoms with van der Waals surface area (Å²) in [4.78, 5) is 2.57. The summed E-state index contributed by atoms with van der Waals surface area (Å²) in [6.07, 6.45) is 2.53. The van der Waals surface area contributed by atoms with Crippen LogP contribution < -0.4 is 0 Å². The van der Waals surface area contributed by atoms with Gasteiger partial charge in [-0.05, 0) is 18.3 Å². The van der Waals surface area contributed by atoms with Crippen molar-refractivity contribution in [1.82, 2.24) is 4.90 Å². The number of rotatable bonds is 0. The molecule has 0 saturated carbocycles. The lowest BCUT2D eigenvalue weighted by Gasteiger charge is -2.36. The van der Waals surface area contributed by atoms with E-state index < -0.39 is 0 Å². The highest BCUT2D eigenvalue weighted by atomic mass is 32.2. The summed E-state index contributed by atoms with van der Waals surface area (Å²) < 4.78 is 0. The molecule has 2 rings (SSSR count). The minimum atomic E-state index is 0.398. The molecule has 13 heavy (non-hydrogen) atoms. The molecule has 2 atom stereocenters. The number of nitrogens with zero attached hydrogens (tertiary/aromatic N) is 1. The molecule has 0 aromatic heterocycles. The average molecular weight is 197 g/mol. The number of hydrogen-bond donors (Lipinski definition) is 0. The Hall–Kier alpha value is -0.110. The van der Waals surface area contributed by atoms with Gasteiger partial charge in [0.15, 0.2) is 0 Å². The van der Waals surface area contributed by atoms with Gasteiger partial charge in [0.05, 0.1) is 5.37 Å². The van der Waals surface area contributed by atoms with Crippen molar-refractivity contribution in [3.8, 4) is 0 Å². The number of allylic oxidation sites excluding steroid dienone is 1. The molecule has 0 radical (unpaired) electrons. The maximum Gasteiger partial charge on any atom is 0.0755 e. The smallest absolute Gasteiger partial charge is 0.0755 e. The van der Waals surface area contributed by atoms with Gasteiger partial charge in [0.25, 0.3) is 0 Å². The zero-order valence-electron chi connectivity index (χ0n) is 8.84. The molecule has 2 heteroatoms. The van der Waals surface area contributed by atoms with Crippen LogP contribution in [0.2, 0.25) is 0 Å². The highest BCUT2D eigenvalue weighted by molar-refractivity contribution is 8.00. The van der Waals surface area contributed by atoms with E-state index in [2.05, 4.69) is 44.0 Å². The summed E-state index contributed by atoms with van der Waals surface area (Å²) in [5.41, 5.74) is 1.77. The third-order valence-electron chi connectivity index (χ3n) is 3.14. The van der Waals surface area contributed by atoms with Gasteiger partial charge in [0.1, 0.15) is 0 Å². The molecule has 74 valence electrons. The number of hydrogen-bond acceptors (Lipinski definition) is 2. The summed E-state index contributed by atoms with van der Waals surface area (Å²) in [6, 6.07) is 0.706. The molecule has 0 N–H and O–H groups in total. The molecule has 1 unspecified atom stereocenters. The SMILES string of the molecule is C=C1CC[C@@H]2SCC(C(C)(C)C)N12. The van der Waals surface area contributed by atoms with E-state index in [1.54, 1.807) is 0 Å². The number of thioether (sulfide) groups is 1. The van der Waals surface area contributed by atoms with Gasteiger partial charge < -0.3 is 4.90 Å². The minimum absolute atomic E-state index is 0.398. The van der Waals surface area contributed by atoms with Crippen molar-refractivity contribution in [3.63, 3.8) is 0 Å². The first kappa shape index (κ1) is 9.45.